The van der Waals surface area contributed by atoms with Gasteiger partial charge in [0.15, 0.2) is 0 Å². The second kappa shape index (κ2) is 5.00. The van der Waals surface area contributed by atoms with Crippen molar-refractivity contribution in [3.05, 3.63) is 46.2 Å². The number of aromatic nitrogens is 3. The molecule has 0 N–H and O–H groups in total. The van der Waals surface area contributed by atoms with Gasteiger partial charge >= 0.3 is 0 Å². The summed E-state index contributed by atoms with van der Waals surface area (Å²) in [5.74, 6) is 0.447. The summed E-state index contributed by atoms with van der Waals surface area (Å²) in [5.41, 5.74) is 2.54. The molecule has 1 aromatic heterocycles. The Labute approximate surface area is 110 Å². The number of aryl methyl sites for hydroxylation is 1. The highest BCUT2D eigenvalue weighted by atomic mass is 79.9. The highest BCUT2D eigenvalue weighted by Crippen LogP contribution is 2.29. The molecule has 0 spiro atoms. The number of hydrogen-bond acceptors (Lipinski definition) is 2. The van der Waals surface area contributed by atoms with Gasteiger partial charge in [-0.15, -0.1) is 0 Å². The van der Waals surface area contributed by atoms with E-state index >= 15 is 0 Å². The number of benzene rings is 1. The minimum Gasteiger partial charge on any atom is -0.177 e. The molecule has 0 aliphatic carbocycles. The average Bonchev–Trinajstić information content (AvgIpc) is 2.74. The fourth-order valence-electron chi connectivity index (χ4n) is 2.09. The van der Waals surface area contributed by atoms with E-state index in [2.05, 4.69) is 65.1 Å². The molecule has 0 aliphatic rings. The Hall–Kier alpha value is -1.16. The smallest absolute Gasteiger partial charge is 0.0991 e. The van der Waals surface area contributed by atoms with Gasteiger partial charge in [0.1, 0.15) is 0 Å². The van der Waals surface area contributed by atoms with Crippen LogP contribution in [0, 0.1) is 12.8 Å². The van der Waals surface area contributed by atoms with Gasteiger partial charge in [0, 0.05) is 4.47 Å². The van der Waals surface area contributed by atoms with Crippen molar-refractivity contribution < 1.29 is 0 Å². The van der Waals surface area contributed by atoms with Gasteiger partial charge in [0.05, 0.1) is 18.4 Å². The molecule has 0 unspecified atom stereocenters. The molecule has 17 heavy (non-hydrogen) atoms. The Bertz CT molecular complexity index is 491. The first-order chi connectivity index (χ1) is 8.09. The molecule has 0 radical (unpaired) electrons. The van der Waals surface area contributed by atoms with Crippen LogP contribution in [0.2, 0.25) is 0 Å². The Kier molecular flexibility index (Phi) is 3.62. The predicted octanol–water partition coefficient (Wildman–Crippen LogP) is 3.59. The molecule has 3 nitrogen and oxygen atoms in total. The van der Waals surface area contributed by atoms with E-state index in [9.17, 15) is 0 Å². The van der Waals surface area contributed by atoms with Gasteiger partial charge in [-0.25, -0.2) is 0 Å². The molecule has 90 valence electrons. The summed E-state index contributed by atoms with van der Waals surface area (Å²) < 4.78 is 1.11. The van der Waals surface area contributed by atoms with Crippen LogP contribution in [-0.2, 0) is 0 Å². The van der Waals surface area contributed by atoms with Crippen LogP contribution in [0.4, 0.5) is 0 Å². The molecule has 4 heteroatoms. The molecule has 1 heterocycles. The lowest BCUT2D eigenvalue weighted by atomic mass is 9.93. The van der Waals surface area contributed by atoms with Crippen LogP contribution < -0.4 is 0 Å². The average molecular weight is 294 g/mol. The van der Waals surface area contributed by atoms with E-state index in [-0.39, 0.29) is 6.04 Å². The van der Waals surface area contributed by atoms with Crippen LogP contribution in [0.25, 0.3) is 0 Å². The Morgan fingerprint density at radius 2 is 1.82 bits per heavy atom. The molecule has 2 rings (SSSR count). The van der Waals surface area contributed by atoms with Crippen molar-refractivity contribution in [2.75, 3.05) is 0 Å². The molecule has 0 aliphatic heterocycles. The monoisotopic (exact) mass is 293 g/mol. The zero-order valence-electron chi connectivity index (χ0n) is 10.3. The van der Waals surface area contributed by atoms with E-state index in [1.807, 2.05) is 0 Å². The summed E-state index contributed by atoms with van der Waals surface area (Å²) in [6, 6.07) is 6.54. The first-order valence-corrected chi connectivity index (χ1v) is 6.50. The summed E-state index contributed by atoms with van der Waals surface area (Å²) in [7, 11) is 0. The molecule has 2 aromatic rings. The molecule has 1 atom stereocenters. The molecular formula is C13H16BrN3. The fourth-order valence-corrected chi connectivity index (χ4v) is 2.57. The predicted molar refractivity (Wildman–Crippen MR) is 71.9 cm³/mol. The van der Waals surface area contributed by atoms with Gasteiger partial charge in [-0.2, -0.15) is 15.0 Å². The van der Waals surface area contributed by atoms with Crippen molar-refractivity contribution in [1.82, 2.24) is 15.0 Å². The molecule has 1 aromatic carbocycles. The third-order valence-corrected chi connectivity index (χ3v) is 3.36. The molecule has 0 amide bonds. The lowest BCUT2D eigenvalue weighted by molar-refractivity contribution is 0.362. The Balaban J connectivity index is 2.47. The number of hydrogen-bond donors (Lipinski definition) is 0. The van der Waals surface area contributed by atoms with Crippen molar-refractivity contribution in [3.63, 3.8) is 0 Å². The first kappa shape index (κ1) is 12.3. The molecule has 0 fully saturated rings. The third-order valence-electron chi connectivity index (χ3n) is 2.87. The standard InChI is InChI=1S/C13H16BrN3/c1-9(2)13(17-15-6-7-16-17)12-5-4-11(14)8-10(12)3/h4-9,13H,1-3H3/t13-/m1/s1. The van der Waals surface area contributed by atoms with Crippen molar-refractivity contribution in [1.29, 1.82) is 0 Å². The summed E-state index contributed by atoms with van der Waals surface area (Å²) >= 11 is 3.49. The van der Waals surface area contributed by atoms with E-state index in [1.54, 1.807) is 17.2 Å². The molecule has 0 saturated carbocycles. The third kappa shape index (κ3) is 2.57. The maximum absolute atomic E-state index is 4.27. The Morgan fingerprint density at radius 3 is 2.35 bits per heavy atom. The lowest BCUT2D eigenvalue weighted by Crippen LogP contribution is -2.20. The second-order valence-electron chi connectivity index (χ2n) is 4.54. The minimum absolute atomic E-state index is 0.193. The van der Waals surface area contributed by atoms with E-state index in [4.69, 9.17) is 0 Å². The van der Waals surface area contributed by atoms with Crippen molar-refractivity contribution in [3.8, 4) is 0 Å². The molecule has 0 saturated heterocycles. The highest BCUT2D eigenvalue weighted by Gasteiger charge is 2.21. The zero-order valence-corrected chi connectivity index (χ0v) is 11.8. The first-order valence-electron chi connectivity index (χ1n) is 5.71. The second-order valence-corrected chi connectivity index (χ2v) is 5.45. The summed E-state index contributed by atoms with van der Waals surface area (Å²) in [4.78, 5) is 1.79. The number of halogens is 1. The van der Waals surface area contributed by atoms with Crippen LogP contribution in [-0.4, -0.2) is 15.0 Å². The minimum atomic E-state index is 0.193. The van der Waals surface area contributed by atoms with E-state index < -0.39 is 0 Å². The molecule has 0 bridgehead atoms. The van der Waals surface area contributed by atoms with E-state index in [1.165, 1.54) is 11.1 Å². The lowest BCUT2D eigenvalue weighted by Gasteiger charge is -2.22. The zero-order chi connectivity index (χ0) is 12.4. The normalized spacial score (nSPS) is 13.0. The van der Waals surface area contributed by atoms with Gasteiger partial charge in [-0.05, 0) is 36.1 Å². The Morgan fingerprint density at radius 1 is 1.18 bits per heavy atom. The maximum Gasteiger partial charge on any atom is 0.0991 e. The van der Waals surface area contributed by atoms with Crippen LogP contribution in [0.15, 0.2) is 35.1 Å². The van der Waals surface area contributed by atoms with Crippen molar-refractivity contribution in [2.24, 2.45) is 5.92 Å². The van der Waals surface area contributed by atoms with Crippen LogP contribution in [0.5, 0.6) is 0 Å². The summed E-state index contributed by atoms with van der Waals surface area (Å²) in [6.07, 6.45) is 3.45. The number of nitrogens with zero attached hydrogens (tertiary/aromatic N) is 3. The van der Waals surface area contributed by atoms with Gasteiger partial charge in [-0.1, -0.05) is 35.8 Å². The fraction of sp³-hybridized carbons (Fsp3) is 0.385. The van der Waals surface area contributed by atoms with Gasteiger partial charge in [0.25, 0.3) is 0 Å². The number of rotatable bonds is 3. The van der Waals surface area contributed by atoms with Crippen LogP contribution >= 0.6 is 15.9 Å². The summed E-state index contributed by atoms with van der Waals surface area (Å²) in [5, 5.41) is 8.54. The highest BCUT2D eigenvalue weighted by molar-refractivity contribution is 9.10. The quantitative estimate of drug-likeness (QED) is 0.866. The van der Waals surface area contributed by atoms with Crippen LogP contribution in [0.3, 0.4) is 0 Å². The maximum atomic E-state index is 4.27. The topological polar surface area (TPSA) is 30.7 Å². The summed E-state index contributed by atoms with van der Waals surface area (Å²) in [6.45, 7) is 6.50. The SMILES string of the molecule is Cc1cc(Br)ccc1[C@@H](C(C)C)n1nccn1. The largest absolute Gasteiger partial charge is 0.177 e. The van der Waals surface area contributed by atoms with E-state index in [0.717, 1.165) is 4.47 Å². The van der Waals surface area contributed by atoms with Crippen molar-refractivity contribution >= 4 is 15.9 Å². The van der Waals surface area contributed by atoms with E-state index in [0.29, 0.717) is 5.92 Å². The molecular weight excluding hydrogens is 278 g/mol. The van der Waals surface area contributed by atoms with Gasteiger partial charge < -0.3 is 0 Å². The van der Waals surface area contributed by atoms with Gasteiger partial charge in [-0.3, -0.25) is 0 Å². The van der Waals surface area contributed by atoms with Crippen molar-refractivity contribution in [2.45, 2.75) is 26.8 Å². The van der Waals surface area contributed by atoms with Crippen LogP contribution in [0.1, 0.15) is 31.0 Å². The van der Waals surface area contributed by atoms with Gasteiger partial charge in [0.2, 0.25) is 0 Å².